The van der Waals surface area contributed by atoms with Crippen molar-refractivity contribution in [3.05, 3.63) is 105 Å². The van der Waals surface area contributed by atoms with Crippen molar-refractivity contribution in [2.24, 2.45) is 0 Å². The van der Waals surface area contributed by atoms with E-state index in [1.807, 2.05) is 54.6 Å². The number of nitrogens with zero attached hydrogens (tertiary/aromatic N) is 2. The summed E-state index contributed by atoms with van der Waals surface area (Å²) in [5.74, 6) is 0.622. The molecule has 0 fully saturated rings. The van der Waals surface area contributed by atoms with Crippen LogP contribution in [0.4, 0.5) is 0 Å². The molecule has 1 heterocycles. The summed E-state index contributed by atoms with van der Waals surface area (Å²) >= 11 is 5.45. The Morgan fingerprint density at radius 1 is 1.03 bits per heavy atom. The van der Waals surface area contributed by atoms with Gasteiger partial charge in [-0.25, -0.2) is 0 Å². The molecular formula is C25H23N3O3S. The van der Waals surface area contributed by atoms with Gasteiger partial charge in [-0.1, -0.05) is 42.5 Å². The SMILES string of the molecule is COc1ccc(Cn2c(=S)[nH]c3cc(C(=O)N(C)Cc4ccccc4)ccc3c2=O)cc1. The van der Waals surface area contributed by atoms with Crippen molar-refractivity contribution in [2.75, 3.05) is 14.2 Å². The Morgan fingerprint density at radius 2 is 1.75 bits per heavy atom. The van der Waals surface area contributed by atoms with Crippen LogP contribution in [-0.4, -0.2) is 34.5 Å². The van der Waals surface area contributed by atoms with Gasteiger partial charge in [0, 0.05) is 19.2 Å². The quantitative estimate of drug-likeness (QED) is 0.447. The van der Waals surface area contributed by atoms with E-state index in [9.17, 15) is 9.59 Å². The molecular weight excluding hydrogens is 422 g/mol. The van der Waals surface area contributed by atoms with Gasteiger partial charge < -0.3 is 14.6 Å². The largest absolute Gasteiger partial charge is 0.497 e. The molecule has 4 rings (SSSR count). The molecule has 32 heavy (non-hydrogen) atoms. The van der Waals surface area contributed by atoms with E-state index in [2.05, 4.69) is 4.98 Å². The molecule has 0 atom stereocenters. The van der Waals surface area contributed by atoms with Gasteiger partial charge in [0.2, 0.25) is 0 Å². The topological polar surface area (TPSA) is 67.3 Å². The Morgan fingerprint density at radius 3 is 2.44 bits per heavy atom. The maximum absolute atomic E-state index is 13.1. The molecule has 1 aromatic heterocycles. The highest BCUT2D eigenvalue weighted by Gasteiger charge is 2.14. The third-order valence-electron chi connectivity index (χ3n) is 5.34. The smallest absolute Gasteiger partial charge is 0.262 e. The van der Waals surface area contributed by atoms with Gasteiger partial charge in [-0.15, -0.1) is 0 Å². The number of amides is 1. The molecule has 7 heteroatoms. The summed E-state index contributed by atoms with van der Waals surface area (Å²) in [4.78, 5) is 30.8. The Bertz CT molecular complexity index is 1380. The van der Waals surface area contributed by atoms with Crippen molar-refractivity contribution >= 4 is 29.0 Å². The van der Waals surface area contributed by atoms with Crippen LogP contribution < -0.4 is 10.3 Å². The Labute approximate surface area is 190 Å². The molecule has 0 aliphatic rings. The van der Waals surface area contributed by atoms with E-state index in [4.69, 9.17) is 17.0 Å². The van der Waals surface area contributed by atoms with E-state index in [0.717, 1.165) is 16.9 Å². The first-order valence-electron chi connectivity index (χ1n) is 10.2. The highest BCUT2D eigenvalue weighted by molar-refractivity contribution is 7.71. The minimum atomic E-state index is -0.198. The third-order valence-corrected chi connectivity index (χ3v) is 5.66. The molecule has 0 radical (unpaired) electrons. The minimum Gasteiger partial charge on any atom is -0.497 e. The van der Waals surface area contributed by atoms with Crippen LogP contribution in [-0.2, 0) is 13.1 Å². The predicted octanol–water partition coefficient (Wildman–Crippen LogP) is 4.39. The first-order chi connectivity index (χ1) is 15.5. The number of fused-ring (bicyclic) bond motifs is 1. The van der Waals surface area contributed by atoms with E-state index < -0.39 is 0 Å². The predicted molar refractivity (Wildman–Crippen MR) is 128 cm³/mol. The number of H-pyrrole nitrogens is 1. The Balaban J connectivity index is 1.62. The number of nitrogens with one attached hydrogen (secondary N) is 1. The molecule has 4 aromatic rings. The van der Waals surface area contributed by atoms with Crippen molar-refractivity contribution < 1.29 is 9.53 Å². The van der Waals surface area contributed by atoms with Crippen LogP contribution in [0.15, 0.2) is 77.6 Å². The van der Waals surface area contributed by atoms with Gasteiger partial charge in [0.15, 0.2) is 4.77 Å². The van der Waals surface area contributed by atoms with E-state index in [-0.39, 0.29) is 11.5 Å². The molecule has 6 nitrogen and oxygen atoms in total. The molecule has 0 saturated heterocycles. The van der Waals surface area contributed by atoms with Crippen LogP contribution in [0.2, 0.25) is 0 Å². The maximum atomic E-state index is 13.1. The van der Waals surface area contributed by atoms with Crippen molar-refractivity contribution in [2.45, 2.75) is 13.1 Å². The fourth-order valence-electron chi connectivity index (χ4n) is 3.59. The molecule has 0 aliphatic heterocycles. The van der Waals surface area contributed by atoms with E-state index in [1.165, 1.54) is 4.57 Å². The summed E-state index contributed by atoms with van der Waals surface area (Å²) in [5, 5.41) is 0.481. The summed E-state index contributed by atoms with van der Waals surface area (Å²) < 4.78 is 7.00. The lowest BCUT2D eigenvalue weighted by atomic mass is 10.1. The zero-order valence-corrected chi connectivity index (χ0v) is 18.7. The van der Waals surface area contributed by atoms with Crippen LogP contribution in [0.25, 0.3) is 10.9 Å². The Hall–Kier alpha value is -3.71. The van der Waals surface area contributed by atoms with Gasteiger partial charge in [0.25, 0.3) is 11.5 Å². The molecule has 0 bridgehead atoms. The normalized spacial score (nSPS) is 10.8. The number of ether oxygens (including phenoxy) is 1. The van der Waals surface area contributed by atoms with Gasteiger partial charge in [0.1, 0.15) is 5.75 Å². The third kappa shape index (κ3) is 4.48. The van der Waals surface area contributed by atoms with Crippen LogP contribution in [0.5, 0.6) is 5.75 Å². The number of aromatic nitrogens is 2. The average Bonchev–Trinajstić information content (AvgIpc) is 2.82. The monoisotopic (exact) mass is 445 g/mol. The van der Waals surface area contributed by atoms with Crippen molar-refractivity contribution in [1.82, 2.24) is 14.5 Å². The van der Waals surface area contributed by atoms with Gasteiger partial charge in [-0.2, -0.15) is 0 Å². The van der Waals surface area contributed by atoms with Gasteiger partial charge >= 0.3 is 0 Å². The summed E-state index contributed by atoms with van der Waals surface area (Å²) in [6, 6.07) is 22.3. The summed E-state index contributed by atoms with van der Waals surface area (Å²) in [5.41, 5.74) is 2.82. The lowest BCUT2D eigenvalue weighted by Crippen LogP contribution is -2.26. The van der Waals surface area contributed by atoms with Gasteiger partial charge in [-0.3, -0.25) is 14.2 Å². The van der Waals surface area contributed by atoms with Crippen molar-refractivity contribution in [1.29, 1.82) is 0 Å². The van der Waals surface area contributed by atoms with E-state index in [0.29, 0.717) is 34.3 Å². The number of hydrogen-bond acceptors (Lipinski definition) is 4. The van der Waals surface area contributed by atoms with Crippen LogP contribution in [0.1, 0.15) is 21.5 Å². The van der Waals surface area contributed by atoms with Crippen molar-refractivity contribution in [3.63, 3.8) is 0 Å². The standard InChI is InChI=1S/C25H23N3O3S/c1-27(15-17-6-4-3-5-7-17)23(29)19-10-13-21-22(14-19)26-25(32)28(24(21)30)16-18-8-11-20(31-2)12-9-18/h3-14H,15-16H2,1-2H3,(H,26,32). The number of benzene rings is 3. The Kier molecular flexibility index (Phi) is 6.18. The number of methoxy groups -OCH3 is 1. The van der Waals surface area contributed by atoms with E-state index in [1.54, 1.807) is 37.3 Å². The average molecular weight is 446 g/mol. The number of aromatic amines is 1. The second kappa shape index (κ2) is 9.20. The second-order valence-corrected chi connectivity index (χ2v) is 7.96. The van der Waals surface area contributed by atoms with E-state index >= 15 is 0 Å². The highest BCUT2D eigenvalue weighted by Crippen LogP contribution is 2.16. The molecule has 0 unspecified atom stereocenters. The number of hydrogen-bond donors (Lipinski definition) is 1. The summed E-state index contributed by atoms with van der Waals surface area (Å²) in [6.07, 6.45) is 0. The lowest BCUT2D eigenvalue weighted by Gasteiger charge is -2.17. The highest BCUT2D eigenvalue weighted by atomic mass is 32.1. The van der Waals surface area contributed by atoms with Crippen LogP contribution >= 0.6 is 12.2 Å². The fraction of sp³-hybridized carbons (Fsp3) is 0.160. The van der Waals surface area contributed by atoms with Crippen molar-refractivity contribution in [3.8, 4) is 5.75 Å². The maximum Gasteiger partial charge on any atom is 0.262 e. The first kappa shape index (κ1) is 21.5. The van der Waals surface area contributed by atoms with Gasteiger partial charge in [0.05, 0.1) is 24.6 Å². The summed E-state index contributed by atoms with van der Waals surface area (Å²) in [6.45, 7) is 0.839. The lowest BCUT2D eigenvalue weighted by molar-refractivity contribution is 0.0785. The second-order valence-electron chi connectivity index (χ2n) is 7.58. The molecule has 0 aliphatic carbocycles. The molecule has 162 valence electrons. The molecule has 1 N–H and O–H groups in total. The van der Waals surface area contributed by atoms with Gasteiger partial charge in [-0.05, 0) is 53.7 Å². The molecule has 0 saturated carbocycles. The molecule has 3 aromatic carbocycles. The number of carbonyl (C=O) groups excluding carboxylic acids is 1. The summed E-state index contributed by atoms with van der Waals surface area (Å²) in [7, 11) is 3.37. The minimum absolute atomic E-state index is 0.127. The first-order valence-corrected chi connectivity index (χ1v) is 10.6. The fourth-order valence-corrected chi connectivity index (χ4v) is 3.85. The molecule has 1 amide bonds. The zero-order valence-electron chi connectivity index (χ0n) is 17.9. The number of carbonyl (C=O) groups is 1. The zero-order chi connectivity index (χ0) is 22.7. The van der Waals surface area contributed by atoms with Crippen LogP contribution in [0, 0.1) is 4.77 Å². The number of rotatable bonds is 6. The molecule has 0 spiro atoms. The van der Waals surface area contributed by atoms with Crippen LogP contribution in [0.3, 0.4) is 0 Å².